The van der Waals surface area contributed by atoms with Crippen molar-refractivity contribution in [3.63, 3.8) is 0 Å². The van der Waals surface area contributed by atoms with Gasteiger partial charge in [-0.2, -0.15) is 0 Å². The Kier molecular flexibility index (Phi) is 7.23. The zero-order valence-corrected chi connectivity index (χ0v) is 17.3. The predicted octanol–water partition coefficient (Wildman–Crippen LogP) is 3.01. The van der Waals surface area contributed by atoms with Gasteiger partial charge in [0.2, 0.25) is 0 Å². The highest BCUT2D eigenvalue weighted by Crippen LogP contribution is 2.25. The summed E-state index contributed by atoms with van der Waals surface area (Å²) in [6, 6.07) is 7.25. The smallest absolute Gasteiger partial charge is 0.256 e. The lowest BCUT2D eigenvalue weighted by Gasteiger charge is -2.36. The Hall–Kier alpha value is -2.35. The van der Waals surface area contributed by atoms with Crippen LogP contribution in [0.2, 0.25) is 0 Å². The van der Waals surface area contributed by atoms with Crippen LogP contribution in [0.5, 0.6) is 0 Å². The molecule has 1 unspecified atom stereocenters. The van der Waals surface area contributed by atoms with Crippen LogP contribution < -0.4 is 5.32 Å². The van der Waals surface area contributed by atoms with Crippen molar-refractivity contribution in [3.8, 4) is 11.5 Å². The molecular weight excluding hydrogens is 401 g/mol. The van der Waals surface area contributed by atoms with E-state index < -0.39 is 0 Å². The van der Waals surface area contributed by atoms with Crippen LogP contribution in [0.4, 0.5) is 0 Å². The number of rotatable bonds is 3. The second-order valence-corrected chi connectivity index (χ2v) is 6.42. The molecule has 1 aliphatic rings. The van der Waals surface area contributed by atoms with Crippen molar-refractivity contribution < 1.29 is 9.21 Å². The molecule has 150 valence electrons. The van der Waals surface area contributed by atoms with E-state index in [9.17, 15) is 4.79 Å². The fourth-order valence-electron chi connectivity index (χ4n) is 3.38. The highest BCUT2D eigenvalue weighted by molar-refractivity contribution is 5.95. The number of amides is 1. The summed E-state index contributed by atoms with van der Waals surface area (Å²) in [6.07, 6.45) is 5.28. The van der Waals surface area contributed by atoms with Gasteiger partial charge in [0.05, 0.1) is 17.5 Å². The van der Waals surface area contributed by atoms with E-state index in [1.807, 2.05) is 53.9 Å². The molecule has 0 bridgehead atoms. The lowest BCUT2D eigenvalue weighted by Crippen LogP contribution is -2.49. The molecule has 1 N–H and O–H groups in total. The Labute approximate surface area is 176 Å². The molecule has 1 saturated heterocycles. The average molecular weight is 424 g/mol. The summed E-state index contributed by atoms with van der Waals surface area (Å²) in [5, 5.41) is 3.35. The van der Waals surface area contributed by atoms with Gasteiger partial charge >= 0.3 is 0 Å². The number of aryl methyl sites for hydroxylation is 2. The van der Waals surface area contributed by atoms with Gasteiger partial charge < -0.3 is 19.2 Å². The van der Waals surface area contributed by atoms with Crippen molar-refractivity contribution in [1.82, 2.24) is 24.8 Å². The molecule has 1 fully saturated rings. The van der Waals surface area contributed by atoms with Crippen molar-refractivity contribution in [2.45, 2.75) is 13.0 Å². The van der Waals surface area contributed by atoms with E-state index in [-0.39, 0.29) is 36.8 Å². The topological polar surface area (TPSA) is 76.2 Å². The lowest BCUT2D eigenvalue weighted by molar-refractivity contribution is 0.0619. The summed E-state index contributed by atoms with van der Waals surface area (Å²) in [6.45, 7) is 3.95. The first-order valence-electron chi connectivity index (χ1n) is 8.65. The number of carbonyl (C=O) groups is 1. The summed E-state index contributed by atoms with van der Waals surface area (Å²) in [7, 11) is 1.95. The van der Waals surface area contributed by atoms with Crippen LogP contribution in [0.1, 0.15) is 27.9 Å². The van der Waals surface area contributed by atoms with Gasteiger partial charge in [0.25, 0.3) is 5.91 Å². The molecule has 3 aromatic heterocycles. The standard InChI is InChI=1S/C19H21N5O2.2ClH/c1-13-14(5-6-15(22-13)17-4-3-11-26-17)19(25)24-10-7-20-12-16(24)18-21-8-9-23(18)2;;/h3-6,8-9,11,16,20H,7,10,12H2,1-2H3;2*1H. The van der Waals surface area contributed by atoms with E-state index in [1.165, 1.54) is 0 Å². The zero-order valence-electron chi connectivity index (χ0n) is 15.7. The van der Waals surface area contributed by atoms with E-state index in [4.69, 9.17) is 4.42 Å². The third kappa shape index (κ3) is 4.06. The van der Waals surface area contributed by atoms with Crippen LogP contribution >= 0.6 is 24.8 Å². The molecule has 1 aliphatic heterocycles. The maximum atomic E-state index is 13.2. The quantitative estimate of drug-likeness (QED) is 0.700. The highest BCUT2D eigenvalue weighted by Gasteiger charge is 2.31. The van der Waals surface area contributed by atoms with Gasteiger partial charge in [-0.05, 0) is 31.2 Å². The van der Waals surface area contributed by atoms with Crippen molar-refractivity contribution in [3.05, 3.63) is 60.0 Å². The summed E-state index contributed by atoms with van der Waals surface area (Å²) >= 11 is 0. The molecule has 1 atom stereocenters. The minimum atomic E-state index is -0.0969. The number of piperazine rings is 1. The molecule has 0 spiro atoms. The number of pyridine rings is 1. The summed E-state index contributed by atoms with van der Waals surface area (Å²) < 4.78 is 7.35. The molecule has 28 heavy (non-hydrogen) atoms. The van der Waals surface area contributed by atoms with Crippen LogP contribution in [-0.2, 0) is 7.05 Å². The Morgan fingerprint density at radius 3 is 2.75 bits per heavy atom. The molecule has 0 saturated carbocycles. The minimum Gasteiger partial charge on any atom is -0.463 e. The van der Waals surface area contributed by atoms with E-state index in [1.54, 1.807) is 12.5 Å². The third-order valence-corrected chi connectivity index (χ3v) is 4.75. The first-order valence-corrected chi connectivity index (χ1v) is 8.65. The van der Waals surface area contributed by atoms with E-state index in [2.05, 4.69) is 15.3 Å². The maximum Gasteiger partial charge on any atom is 0.256 e. The second-order valence-electron chi connectivity index (χ2n) is 6.42. The molecule has 4 rings (SSSR count). The fraction of sp³-hybridized carbons (Fsp3) is 0.316. The van der Waals surface area contributed by atoms with Gasteiger partial charge in [0.1, 0.15) is 17.6 Å². The van der Waals surface area contributed by atoms with Gasteiger partial charge in [-0.3, -0.25) is 4.79 Å². The SMILES string of the molecule is Cc1nc(-c2ccco2)ccc1C(=O)N1CCNCC1c1nccn1C.Cl.Cl. The molecule has 1 amide bonds. The summed E-state index contributed by atoms with van der Waals surface area (Å²) in [5.41, 5.74) is 2.03. The van der Waals surface area contributed by atoms with E-state index >= 15 is 0 Å². The van der Waals surface area contributed by atoms with Gasteiger partial charge in [0.15, 0.2) is 5.76 Å². The molecular formula is C19H23Cl2N5O2. The molecule has 0 radical (unpaired) electrons. The number of hydrogen-bond acceptors (Lipinski definition) is 5. The number of hydrogen-bond donors (Lipinski definition) is 1. The number of carbonyl (C=O) groups excluding carboxylic acids is 1. The molecule has 4 heterocycles. The normalized spacial score (nSPS) is 16.2. The summed E-state index contributed by atoms with van der Waals surface area (Å²) in [4.78, 5) is 24.1. The van der Waals surface area contributed by atoms with Crippen LogP contribution in [0.15, 0.2) is 47.3 Å². The Balaban J connectivity index is 0.00000140. The second kappa shape index (κ2) is 9.23. The molecule has 7 nitrogen and oxygen atoms in total. The third-order valence-electron chi connectivity index (χ3n) is 4.75. The first-order chi connectivity index (χ1) is 12.6. The number of furan rings is 1. The average Bonchev–Trinajstić information content (AvgIpc) is 3.33. The summed E-state index contributed by atoms with van der Waals surface area (Å²) in [5.74, 6) is 1.55. The molecule has 3 aromatic rings. The fourth-order valence-corrected chi connectivity index (χ4v) is 3.38. The zero-order chi connectivity index (χ0) is 18.1. The molecule has 9 heteroatoms. The van der Waals surface area contributed by atoms with Crippen molar-refractivity contribution in [2.75, 3.05) is 19.6 Å². The van der Waals surface area contributed by atoms with Crippen LogP contribution in [0.25, 0.3) is 11.5 Å². The first kappa shape index (κ1) is 21.9. The minimum absolute atomic E-state index is 0. The number of nitrogens with one attached hydrogen (secondary N) is 1. The van der Waals surface area contributed by atoms with E-state index in [0.29, 0.717) is 30.1 Å². The largest absolute Gasteiger partial charge is 0.463 e. The van der Waals surface area contributed by atoms with Gasteiger partial charge in [-0.1, -0.05) is 0 Å². The van der Waals surface area contributed by atoms with Gasteiger partial charge in [-0.25, -0.2) is 9.97 Å². The Bertz CT molecular complexity index is 926. The number of imidazole rings is 1. The van der Waals surface area contributed by atoms with Gasteiger partial charge in [0, 0.05) is 39.1 Å². The lowest BCUT2D eigenvalue weighted by atomic mass is 10.1. The number of halogens is 2. The van der Waals surface area contributed by atoms with Crippen molar-refractivity contribution in [1.29, 1.82) is 0 Å². The molecule has 0 aromatic carbocycles. The molecule has 0 aliphatic carbocycles. The maximum absolute atomic E-state index is 13.2. The Morgan fingerprint density at radius 1 is 1.29 bits per heavy atom. The van der Waals surface area contributed by atoms with Crippen molar-refractivity contribution in [2.24, 2.45) is 7.05 Å². The van der Waals surface area contributed by atoms with Crippen LogP contribution in [0.3, 0.4) is 0 Å². The van der Waals surface area contributed by atoms with Crippen molar-refractivity contribution >= 4 is 30.7 Å². The number of aromatic nitrogens is 3. The highest BCUT2D eigenvalue weighted by atomic mass is 35.5. The monoisotopic (exact) mass is 423 g/mol. The van der Waals surface area contributed by atoms with Crippen LogP contribution in [0, 0.1) is 6.92 Å². The Morgan fingerprint density at radius 2 is 2.11 bits per heavy atom. The predicted molar refractivity (Wildman–Crippen MR) is 111 cm³/mol. The number of nitrogens with zero attached hydrogens (tertiary/aromatic N) is 4. The van der Waals surface area contributed by atoms with E-state index in [0.717, 1.165) is 18.1 Å². The van der Waals surface area contributed by atoms with Crippen LogP contribution in [-0.4, -0.2) is 45.0 Å². The van der Waals surface area contributed by atoms with Gasteiger partial charge in [-0.15, -0.1) is 24.8 Å².